The van der Waals surface area contributed by atoms with Gasteiger partial charge in [0.2, 0.25) is 0 Å². The summed E-state index contributed by atoms with van der Waals surface area (Å²) in [6.07, 6.45) is 4.95. The van der Waals surface area contributed by atoms with Crippen molar-refractivity contribution >= 4 is 5.96 Å². The molecule has 0 bridgehead atoms. The second-order valence-corrected chi connectivity index (χ2v) is 7.04. The molecular weight excluding hydrogens is 312 g/mol. The number of aliphatic imine (C=N–C) groups is 1. The van der Waals surface area contributed by atoms with E-state index in [0.29, 0.717) is 12.1 Å². The van der Waals surface area contributed by atoms with E-state index in [0.717, 1.165) is 64.6 Å². The molecular formula is C20H32N4O. The fraction of sp³-hybridized carbons (Fsp3) is 0.650. The van der Waals surface area contributed by atoms with Gasteiger partial charge in [-0.1, -0.05) is 30.3 Å². The molecule has 2 aliphatic rings. The summed E-state index contributed by atoms with van der Waals surface area (Å²) in [7, 11) is 0. The van der Waals surface area contributed by atoms with E-state index < -0.39 is 0 Å². The number of benzene rings is 1. The first-order valence-corrected chi connectivity index (χ1v) is 9.76. The molecule has 1 unspecified atom stereocenters. The molecule has 1 aromatic rings. The van der Waals surface area contributed by atoms with Gasteiger partial charge in [0.05, 0.1) is 12.6 Å². The Balaban J connectivity index is 1.43. The van der Waals surface area contributed by atoms with Crippen molar-refractivity contribution < 1.29 is 4.74 Å². The molecule has 0 aliphatic carbocycles. The normalized spacial score (nSPS) is 22.9. The summed E-state index contributed by atoms with van der Waals surface area (Å²) in [5.41, 5.74) is 1.40. The maximum atomic E-state index is 5.67. The van der Waals surface area contributed by atoms with Gasteiger partial charge < -0.3 is 15.4 Å². The number of guanidine groups is 1. The van der Waals surface area contributed by atoms with Gasteiger partial charge in [-0.3, -0.25) is 9.89 Å². The Morgan fingerprint density at radius 3 is 2.68 bits per heavy atom. The van der Waals surface area contributed by atoms with Gasteiger partial charge in [0.1, 0.15) is 0 Å². The highest BCUT2D eigenvalue weighted by Crippen LogP contribution is 2.14. The van der Waals surface area contributed by atoms with Crippen LogP contribution in [0.2, 0.25) is 0 Å². The van der Waals surface area contributed by atoms with Crippen molar-refractivity contribution in [3.63, 3.8) is 0 Å². The van der Waals surface area contributed by atoms with Gasteiger partial charge in [-0.05, 0) is 38.2 Å². The third-order valence-corrected chi connectivity index (χ3v) is 5.00. The fourth-order valence-corrected chi connectivity index (χ4v) is 3.57. The molecule has 138 valence electrons. The van der Waals surface area contributed by atoms with Crippen molar-refractivity contribution in [2.45, 2.75) is 51.3 Å². The van der Waals surface area contributed by atoms with Crippen LogP contribution in [0.3, 0.4) is 0 Å². The number of piperidine rings is 1. The number of rotatable bonds is 6. The number of ether oxygens (including phenoxy) is 1. The van der Waals surface area contributed by atoms with E-state index in [4.69, 9.17) is 9.73 Å². The molecule has 5 nitrogen and oxygen atoms in total. The predicted molar refractivity (Wildman–Crippen MR) is 103 cm³/mol. The topological polar surface area (TPSA) is 48.9 Å². The number of nitrogens with one attached hydrogen (secondary N) is 2. The first-order valence-electron chi connectivity index (χ1n) is 9.76. The summed E-state index contributed by atoms with van der Waals surface area (Å²) >= 11 is 0. The van der Waals surface area contributed by atoms with Crippen LogP contribution in [-0.4, -0.2) is 55.8 Å². The highest BCUT2D eigenvalue weighted by molar-refractivity contribution is 5.80. The first-order chi connectivity index (χ1) is 12.3. The minimum Gasteiger partial charge on any atom is -0.376 e. The van der Waals surface area contributed by atoms with E-state index >= 15 is 0 Å². The molecule has 5 heteroatoms. The fourth-order valence-electron chi connectivity index (χ4n) is 3.57. The molecule has 3 rings (SSSR count). The van der Waals surface area contributed by atoms with E-state index in [1.54, 1.807) is 0 Å². The second-order valence-electron chi connectivity index (χ2n) is 7.04. The van der Waals surface area contributed by atoms with Crippen molar-refractivity contribution in [3.05, 3.63) is 35.9 Å². The Labute approximate surface area is 151 Å². The lowest BCUT2D eigenvalue weighted by Gasteiger charge is -2.33. The maximum Gasteiger partial charge on any atom is 0.191 e. The standard InChI is InChI=1S/C20H32N4O/c1-2-21-20(22-15-19-9-6-14-25-19)23-18-10-12-24(13-11-18)16-17-7-4-3-5-8-17/h3-5,7-8,18-19H,2,6,9-16H2,1H3,(H2,21,22,23). The highest BCUT2D eigenvalue weighted by Gasteiger charge is 2.20. The molecule has 1 aromatic carbocycles. The number of nitrogens with zero attached hydrogens (tertiary/aromatic N) is 2. The van der Waals surface area contributed by atoms with Crippen molar-refractivity contribution in [1.82, 2.24) is 15.5 Å². The Bertz CT molecular complexity index is 520. The molecule has 2 heterocycles. The highest BCUT2D eigenvalue weighted by atomic mass is 16.5. The average Bonchev–Trinajstić information content (AvgIpc) is 3.16. The van der Waals surface area contributed by atoms with Crippen LogP contribution in [0.5, 0.6) is 0 Å². The Morgan fingerprint density at radius 1 is 1.20 bits per heavy atom. The van der Waals surface area contributed by atoms with Gasteiger partial charge in [0.25, 0.3) is 0 Å². The van der Waals surface area contributed by atoms with Crippen molar-refractivity contribution in [2.24, 2.45) is 4.99 Å². The number of hydrogen-bond donors (Lipinski definition) is 2. The molecule has 2 N–H and O–H groups in total. The Kier molecular flexibility index (Phi) is 7.12. The van der Waals surface area contributed by atoms with Crippen molar-refractivity contribution in [3.8, 4) is 0 Å². The van der Waals surface area contributed by atoms with Crippen LogP contribution in [0.1, 0.15) is 38.2 Å². The molecule has 0 radical (unpaired) electrons. The van der Waals surface area contributed by atoms with Gasteiger partial charge in [-0.15, -0.1) is 0 Å². The largest absolute Gasteiger partial charge is 0.376 e. The van der Waals surface area contributed by atoms with Crippen LogP contribution in [0.4, 0.5) is 0 Å². The third kappa shape index (κ3) is 6.01. The molecule has 0 saturated carbocycles. The zero-order valence-corrected chi connectivity index (χ0v) is 15.4. The van der Waals surface area contributed by atoms with Crippen LogP contribution in [0, 0.1) is 0 Å². The van der Waals surface area contributed by atoms with Crippen LogP contribution in [0.15, 0.2) is 35.3 Å². The molecule has 0 amide bonds. The summed E-state index contributed by atoms with van der Waals surface area (Å²) in [5.74, 6) is 0.944. The van der Waals surface area contributed by atoms with E-state index in [1.807, 2.05) is 0 Å². The van der Waals surface area contributed by atoms with Gasteiger partial charge in [0, 0.05) is 38.8 Å². The maximum absolute atomic E-state index is 5.67. The SMILES string of the molecule is CCNC(=NCC1CCCO1)NC1CCN(Cc2ccccc2)CC1. The lowest BCUT2D eigenvalue weighted by molar-refractivity contribution is 0.117. The second kappa shape index (κ2) is 9.78. The van der Waals surface area contributed by atoms with Crippen LogP contribution >= 0.6 is 0 Å². The average molecular weight is 345 g/mol. The van der Waals surface area contributed by atoms with E-state index in [1.165, 1.54) is 12.0 Å². The summed E-state index contributed by atoms with van der Waals surface area (Å²) in [6, 6.07) is 11.3. The monoisotopic (exact) mass is 344 g/mol. The van der Waals surface area contributed by atoms with Gasteiger partial charge in [-0.25, -0.2) is 0 Å². The first kappa shape index (κ1) is 18.2. The van der Waals surface area contributed by atoms with Crippen LogP contribution in [0.25, 0.3) is 0 Å². The van der Waals surface area contributed by atoms with Crippen molar-refractivity contribution in [1.29, 1.82) is 0 Å². The quantitative estimate of drug-likeness (QED) is 0.614. The number of likely N-dealkylation sites (tertiary alicyclic amines) is 1. The van der Waals surface area contributed by atoms with Gasteiger partial charge in [-0.2, -0.15) is 0 Å². The van der Waals surface area contributed by atoms with Gasteiger partial charge >= 0.3 is 0 Å². The zero-order valence-electron chi connectivity index (χ0n) is 15.4. The molecule has 2 saturated heterocycles. The summed E-state index contributed by atoms with van der Waals surface area (Å²) in [4.78, 5) is 7.28. The predicted octanol–water partition coefficient (Wildman–Crippen LogP) is 2.39. The minimum absolute atomic E-state index is 0.308. The molecule has 0 aromatic heterocycles. The zero-order chi connectivity index (χ0) is 17.3. The molecule has 2 aliphatic heterocycles. The number of hydrogen-bond acceptors (Lipinski definition) is 3. The van der Waals surface area contributed by atoms with E-state index in [9.17, 15) is 0 Å². The molecule has 1 atom stereocenters. The summed E-state index contributed by atoms with van der Waals surface area (Å²) in [5, 5.41) is 7.00. The Hall–Kier alpha value is -1.59. The van der Waals surface area contributed by atoms with E-state index in [-0.39, 0.29) is 0 Å². The van der Waals surface area contributed by atoms with Crippen LogP contribution in [-0.2, 0) is 11.3 Å². The minimum atomic E-state index is 0.308. The lowest BCUT2D eigenvalue weighted by atomic mass is 10.0. The molecule has 2 fully saturated rings. The van der Waals surface area contributed by atoms with Crippen molar-refractivity contribution in [2.75, 3.05) is 32.8 Å². The summed E-state index contributed by atoms with van der Waals surface area (Å²) < 4.78 is 5.67. The molecule has 0 spiro atoms. The lowest BCUT2D eigenvalue weighted by Crippen LogP contribution is -2.48. The van der Waals surface area contributed by atoms with Gasteiger partial charge in [0.15, 0.2) is 5.96 Å². The third-order valence-electron chi connectivity index (χ3n) is 5.00. The Morgan fingerprint density at radius 2 is 2.00 bits per heavy atom. The molecule has 25 heavy (non-hydrogen) atoms. The smallest absolute Gasteiger partial charge is 0.191 e. The summed E-state index contributed by atoms with van der Waals surface area (Å²) in [6.45, 7) is 8.00. The van der Waals surface area contributed by atoms with E-state index in [2.05, 4.69) is 52.8 Å². The van der Waals surface area contributed by atoms with Crippen LogP contribution < -0.4 is 10.6 Å².